The zero-order valence-electron chi connectivity index (χ0n) is 7.11. The van der Waals surface area contributed by atoms with Crippen LogP contribution in [0.1, 0.15) is 10.7 Å². The maximum Gasteiger partial charge on any atom is 0.260 e. The summed E-state index contributed by atoms with van der Waals surface area (Å²) in [7, 11) is 0. The minimum Gasteiger partial charge on any atom is -0.442 e. The molecular formula is C10H6ClNO2. The molecular weight excluding hydrogens is 202 g/mol. The van der Waals surface area contributed by atoms with Crippen molar-refractivity contribution < 1.29 is 9.21 Å². The molecule has 1 aromatic carbocycles. The molecule has 0 spiro atoms. The quantitative estimate of drug-likeness (QED) is 0.712. The molecule has 0 amide bonds. The van der Waals surface area contributed by atoms with Gasteiger partial charge in [0.2, 0.25) is 6.29 Å². The molecule has 4 heteroatoms. The summed E-state index contributed by atoms with van der Waals surface area (Å²) < 4.78 is 4.89. The molecule has 2 rings (SSSR count). The van der Waals surface area contributed by atoms with Gasteiger partial charge in [-0.15, -0.1) is 0 Å². The van der Waals surface area contributed by atoms with Crippen molar-refractivity contribution in [2.24, 2.45) is 0 Å². The maximum atomic E-state index is 10.3. The van der Waals surface area contributed by atoms with E-state index in [1.54, 1.807) is 6.07 Å². The van der Waals surface area contributed by atoms with Crippen molar-refractivity contribution in [1.82, 2.24) is 4.98 Å². The number of aromatic nitrogens is 1. The van der Waals surface area contributed by atoms with Gasteiger partial charge >= 0.3 is 0 Å². The third-order valence-electron chi connectivity index (χ3n) is 1.77. The topological polar surface area (TPSA) is 43.1 Å². The van der Waals surface area contributed by atoms with Crippen LogP contribution >= 0.6 is 11.6 Å². The van der Waals surface area contributed by atoms with Crippen molar-refractivity contribution in [3.63, 3.8) is 0 Å². The van der Waals surface area contributed by atoms with Gasteiger partial charge in [-0.05, 0) is 6.07 Å². The first-order valence-electron chi connectivity index (χ1n) is 3.97. The first-order chi connectivity index (χ1) is 6.81. The van der Waals surface area contributed by atoms with Crippen molar-refractivity contribution in [1.29, 1.82) is 0 Å². The second kappa shape index (κ2) is 3.64. The molecule has 0 N–H and O–H groups in total. The van der Waals surface area contributed by atoms with Gasteiger partial charge in [0.05, 0.1) is 5.02 Å². The summed E-state index contributed by atoms with van der Waals surface area (Å²) in [6, 6.07) is 7.24. The zero-order valence-corrected chi connectivity index (χ0v) is 7.86. The SMILES string of the molecule is O=Cc1nc(-c2ccccc2Cl)co1. The Bertz CT molecular complexity index is 465. The van der Waals surface area contributed by atoms with E-state index in [1.807, 2.05) is 18.2 Å². The fourth-order valence-electron chi connectivity index (χ4n) is 1.13. The maximum absolute atomic E-state index is 10.3. The van der Waals surface area contributed by atoms with Gasteiger partial charge in [0.25, 0.3) is 5.89 Å². The lowest BCUT2D eigenvalue weighted by Crippen LogP contribution is -1.81. The second-order valence-corrected chi connectivity index (χ2v) is 3.08. The molecule has 0 saturated heterocycles. The van der Waals surface area contributed by atoms with Crippen LogP contribution in [0.3, 0.4) is 0 Å². The molecule has 0 unspecified atom stereocenters. The van der Waals surface area contributed by atoms with Crippen LogP contribution in [0.15, 0.2) is 34.9 Å². The highest BCUT2D eigenvalue weighted by atomic mass is 35.5. The van der Waals surface area contributed by atoms with E-state index in [2.05, 4.69) is 4.98 Å². The van der Waals surface area contributed by atoms with Gasteiger partial charge in [-0.3, -0.25) is 4.79 Å². The predicted octanol–water partition coefficient (Wildman–Crippen LogP) is 2.81. The van der Waals surface area contributed by atoms with Crippen LogP contribution in [0.5, 0.6) is 0 Å². The highest BCUT2D eigenvalue weighted by Crippen LogP contribution is 2.26. The third kappa shape index (κ3) is 1.54. The van der Waals surface area contributed by atoms with Crippen molar-refractivity contribution >= 4 is 17.9 Å². The van der Waals surface area contributed by atoms with Crippen molar-refractivity contribution in [2.75, 3.05) is 0 Å². The number of benzene rings is 1. The van der Waals surface area contributed by atoms with Gasteiger partial charge in [-0.25, -0.2) is 4.98 Å². The largest absolute Gasteiger partial charge is 0.442 e. The van der Waals surface area contributed by atoms with Gasteiger partial charge in [0.15, 0.2) is 0 Å². The zero-order chi connectivity index (χ0) is 9.97. The number of rotatable bonds is 2. The Labute approximate surface area is 85.3 Å². The Kier molecular flexibility index (Phi) is 2.33. The molecule has 0 aliphatic rings. The van der Waals surface area contributed by atoms with E-state index >= 15 is 0 Å². The fraction of sp³-hybridized carbons (Fsp3) is 0. The van der Waals surface area contributed by atoms with Gasteiger partial charge in [0.1, 0.15) is 12.0 Å². The molecule has 0 atom stereocenters. The third-order valence-corrected chi connectivity index (χ3v) is 2.10. The highest BCUT2D eigenvalue weighted by Gasteiger charge is 2.07. The van der Waals surface area contributed by atoms with Crippen molar-refractivity contribution in [3.8, 4) is 11.3 Å². The summed E-state index contributed by atoms with van der Waals surface area (Å²) in [5.41, 5.74) is 1.32. The fourth-order valence-corrected chi connectivity index (χ4v) is 1.37. The van der Waals surface area contributed by atoms with Gasteiger partial charge in [-0.2, -0.15) is 0 Å². The van der Waals surface area contributed by atoms with Crippen molar-refractivity contribution in [2.45, 2.75) is 0 Å². The molecule has 2 aromatic rings. The summed E-state index contributed by atoms with van der Waals surface area (Å²) in [5, 5.41) is 0.582. The molecule has 3 nitrogen and oxygen atoms in total. The van der Waals surface area contributed by atoms with E-state index in [0.717, 1.165) is 5.56 Å². The lowest BCUT2D eigenvalue weighted by atomic mass is 10.2. The van der Waals surface area contributed by atoms with E-state index in [-0.39, 0.29) is 5.89 Å². The Morgan fingerprint density at radius 1 is 1.36 bits per heavy atom. The molecule has 1 heterocycles. The Balaban J connectivity index is 2.49. The van der Waals surface area contributed by atoms with Gasteiger partial charge in [-0.1, -0.05) is 29.8 Å². The van der Waals surface area contributed by atoms with Gasteiger partial charge < -0.3 is 4.42 Å². The minimum absolute atomic E-state index is 0.0555. The summed E-state index contributed by atoms with van der Waals surface area (Å²) in [6.07, 6.45) is 1.96. The van der Waals surface area contributed by atoms with Crippen LogP contribution in [0.25, 0.3) is 11.3 Å². The smallest absolute Gasteiger partial charge is 0.260 e. The monoisotopic (exact) mass is 207 g/mol. The molecule has 1 aromatic heterocycles. The number of aldehydes is 1. The Morgan fingerprint density at radius 2 is 2.14 bits per heavy atom. The highest BCUT2D eigenvalue weighted by molar-refractivity contribution is 6.33. The summed E-state index contributed by atoms with van der Waals surface area (Å²) in [6.45, 7) is 0. The number of hydrogen-bond acceptors (Lipinski definition) is 3. The number of nitrogens with zero attached hydrogens (tertiary/aromatic N) is 1. The lowest BCUT2D eigenvalue weighted by Gasteiger charge is -1.96. The first-order valence-corrected chi connectivity index (χ1v) is 4.34. The van der Waals surface area contributed by atoms with Crippen LogP contribution < -0.4 is 0 Å². The normalized spacial score (nSPS) is 10.1. The Hall–Kier alpha value is -1.61. The lowest BCUT2D eigenvalue weighted by molar-refractivity contribution is 0.109. The molecule has 0 radical (unpaired) electrons. The van der Waals surface area contributed by atoms with Gasteiger partial charge in [0, 0.05) is 5.56 Å². The molecule has 0 aliphatic heterocycles. The molecule has 70 valence electrons. The van der Waals surface area contributed by atoms with E-state index in [0.29, 0.717) is 17.0 Å². The molecule has 0 bridgehead atoms. The average molecular weight is 208 g/mol. The first kappa shape index (κ1) is 8.97. The molecule has 0 aliphatic carbocycles. The van der Waals surface area contributed by atoms with E-state index in [4.69, 9.17) is 16.0 Å². The predicted molar refractivity (Wildman–Crippen MR) is 52.3 cm³/mol. The summed E-state index contributed by atoms with van der Waals surface area (Å²) in [4.78, 5) is 14.3. The van der Waals surface area contributed by atoms with Crippen LogP contribution in [0.2, 0.25) is 5.02 Å². The summed E-state index contributed by atoms with van der Waals surface area (Å²) in [5.74, 6) is 0.0555. The van der Waals surface area contributed by atoms with E-state index in [1.165, 1.54) is 6.26 Å². The number of oxazole rings is 1. The molecule has 0 fully saturated rings. The number of carbonyl (C=O) groups is 1. The van der Waals surface area contributed by atoms with Crippen LogP contribution in [0.4, 0.5) is 0 Å². The number of carbonyl (C=O) groups excluding carboxylic acids is 1. The van der Waals surface area contributed by atoms with E-state index in [9.17, 15) is 4.79 Å². The number of halogens is 1. The Morgan fingerprint density at radius 3 is 2.79 bits per heavy atom. The minimum atomic E-state index is 0.0555. The number of hydrogen-bond donors (Lipinski definition) is 0. The summed E-state index contributed by atoms with van der Waals surface area (Å²) >= 11 is 5.94. The average Bonchev–Trinajstić information content (AvgIpc) is 2.67. The standard InChI is InChI=1S/C10H6ClNO2/c11-8-4-2-1-3-7(8)9-6-14-10(5-13)12-9/h1-6H. The van der Waals surface area contributed by atoms with E-state index < -0.39 is 0 Å². The molecule has 0 saturated carbocycles. The van der Waals surface area contributed by atoms with Crippen LogP contribution in [-0.4, -0.2) is 11.3 Å². The molecule has 14 heavy (non-hydrogen) atoms. The van der Waals surface area contributed by atoms with Crippen molar-refractivity contribution in [3.05, 3.63) is 41.4 Å². The van der Waals surface area contributed by atoms with Crippen LogP contribution in [0, 0.1) is 0 Å². The van der Waals surface area contributed by atoms with Crippen LogP contribution in [-0.2, 0) is 0 Å². The second-order valence-electron chi connectivity index (χ2n) is 2.67.